The summed E-state index contributed by atoms with van der Waals surface area (Å²) in [6, 6.07) is 1.49. The largest absolute Gasteiger partial charge is 0.483 e. The highest BCUT2D eigenvalue weighted by Crippen LogP contribution is 2.29. The summed E-state index contributed by atoms with van der Waals surface area (Å²) in [6.45, 7) is 1.70. The SMILES string of the molecule is O=C(O)c1cc2c(nc1N1C[C@H](O)C[C@H](NC(=O)C3CCOCC3)C1)CCC2.O=CO. The van der Waals surface area contributed by atoms with Crippen molar-refractivity contribution in [2.75, 3.05) is 31.2 Å². The monoisotopic (exact) mass is 435 g/mol. The molecule has 3 heterocycles. The van der Waals surface area contributed by atoms with Gasteiger partial charge in [0, 0.05) is 44.0 Å². The molecule has 2 aliphatic heterocycles. The van der Waals surface area contributed by atoms with Crippen molar-refractivity contribution < 1.29 is 34.4 Å². The summed E-state index contributed by atoms with van der Waals surface area (Å²) < 4.78 is 5.31. The minimum atomic E-state index is -1.01. The van der Waals surface area contributed by atoms with Crippen molar-refractivity contribution >= 4 is 24.2 Å². The molecule has 1 aromatic rings. The summed E-state index contributed by atoms with van der Waals surface area (Å²) in [6.07, 6.45) is 3.92. The summed E-state index contributed by atoms with van der Waals surface area (Å²) in [4.78, 5) is 39.2. The Labute approximate surface area is 180 Å². The van der Waals surface area contributed by atoms with Gasteiger partial charge in [-0.2, -0.15) is 0 Å². The van der Waals surface area contributed by atoms with E-state index in [0.29, 0.717) is 51.4 Å². The van der Waals surface area contributed by atoms with E-state index in [0.717, 1.165) is 30.5 Å². The van der Waals surface area contributed by atoms with Crippen LogP contribution in [0.15, 0.2) is 6.07 Å². The van der Waals surface area contributed by atoms with Crippen molar-refractivity contribution in [1.29, 1.82) is 0 Å². The maximum absolute atomic E-state index is 12.6. The minimum absolute atomic E-state index is 0.0114. The Bertz CT molecular complexity index is 810. The smallest absolute Gasteiger partial charge is 0.339 e. The van der Waals surface area contributed by atoms with Gasteiger partial charge >= 0.3 is 5.97 Å². The number of amides is 1. The maximum Gasteiger partial charge on any atom is 0.339 e. The number of β-amino-alcohol motifs (C(OH)–C–C–N with tert-alkyl or cyclic N) is 1. The topological polar surface area (TPSA) is 149 Å². The van der Waals surface area contributed by atoms with Crippen LogP contribution in [0.1, 0.15) is 47.3 Å². The lowest BCUT2D eigenvalue weighted by molar-refractivity contribution is -0.128. The Morgan fingerprint density at radius 1 is 1.23 bits per heavy atom. The lowest BCUT2D eigenvalue weighted by Gasteiger charge is -2.38. The molecule has 0 saturated carbocycles. The van der Waals surface area contributed by atoms with Crippen LogP contribution in [-0.4, -0.2) is 77.1 Å². The molecule has 10 heteroatoms. The second kappa shape index (κ2) is 10.5. The number of hydrogen-bond acceptors (Lipinski definition) is 7. The zero-order chi connectivity index (χ0) is 22.4. The molecule has 2 atom stereocenters. The summed E-state index contributed by atoms with van der Waals surface area (Å²) in [5, 5.41) is 30.0. The van der Waals surface area contributed by atoms with Gasteiger partial charge in [0.2, 0.25) is 5.91 Å². The summed E-state index contributed by atoms with van der Waals surface area (Å²) in [5.74, 6) is -0.686. The lowest BCUT2D eigenvalue weighted by Crippen LogP contribution is -2.54. The van der Waals surface area contributed by atoms with E-state index in [1.54, 1.807) is 6.07 Å². The molecule has 2 saturated heterocycles. The molecule has 0 bridgehead atoms. The van der Waals surface area contributed by atoms with Gasteiger partial charge in [0.05, 0.1) is 6.10 Å². The van der Waals surface area contributed by atoms with Crippen LogP contribution < -0.4 is 10.2 Å². The average molecular weight is 435 g/mol. The molecule has 1 aromatic heterocycles. The molecule has 4 N–H and O–H groups in total. The number of carboxylic acids is 1. The molecule has 10 nitrogen and oxygen atoms in total. The number of aliphatic hydroxyl groups excluding tert-OH is 1. The first-order valence-electron chi connectivity index (χ1n) is 10.6. The summed E-state index contributed by atoms with van der Waals surface area (Å²) >= 11 is 0. The molecule has 0 unspecified atom stereocenters. The number of fused-ring (bicyclic) bond motifs is 1. The standard InChI is InChI=1S/C20H27N3O5.CH2O2/c24-15-9-14(21-19(25)12-4-6-28-7-5-12)10-23(11-15)18-16(20(26)27)8-13-2-1-3-17(13)22-18;2-1-3/h8,12,14-15,24H,1-7,9-11H2,(H,21,25)(H,26,27);1H,(H,2,3)/t14-,15+;/m0./s1. The number of pyridine rings is 1. The molecule has 2 fully saturated rings. The molecule has 3 aliphatic rings. The van der Waals surface area contributed by atoms with Gasteiger partial charge in [0.25, 0.3) is 6.47 Å². The van der Waals surface area contributed by atoms with Crippen molar-refractivity contribution in [2.45, 2.75) is 50.7 Å². The van der Waals surface area contributed by atoms with Crippen molar-refractivity contribution in [1.82, 2.24) is 10.3 Å². The van der Waals surface area contributed by atoms with Gasteiger partial charge in [-0.1, -0.05) is 0 Å². The van der Waals surface area contributed by atoms with Crippen LogP contribution in [0, 0.1) is 5.92 Å². The van der Waals surface area contributed by atoms with E-state index >= 15 is 0 Å². The third-order valence-corrected chi connectivity index (χ3v) is 5.93. The predicted molar refractivity (Wildman–Crippen MR) is 110 cm³/mol. The number of aliphatic hydroxyl groups is 1. The number of piperidine rings is 1. The quantitative estimate of drug-likeness (QED) is 0.495. The zero-order valence-electron chi connectivity index (χ0n) is 17.3. The van der Waals surface area contributed by atoms with Crippen LogP contribution in [-0.2, 0) is 27.2 Å². The summed E-state index contributed by atoms with van der Waals surface area (Å²) in [5.41, 5.74) is 2.12. The van der Waals surface area contributed by atoms with Crippen molar-refractivity contribution in [3.05, 3.63) is 22.9 Å². The van der Waals surface area contributed by atoms with Crippen LogP contribution in [0.2, 0.25) is 0 Å². The van der Waals surface area contributed by atoms with E-state index in [1.807, 2.05) is 4.90 Å². The fourth-order valence-electron chi connectivity index (χ4n) is 4.49. The van der Waals surface area contributed by atoms with Gasteiger partial charge in [-0.15, -0.1) is 0 Å². The minimum Gasteiger partial charge on any atom is -0.483 e. The number of carbonyl (C=O) groups is 3. The highest BCUT2D eigenvalue weighted by Gasteiger charge is 2.33. The summed E-state index contributed by atoms with van der Waals surface area (Å²) in [7, 11) is 0. The zero-order valence-corrected chi connectivity index (χ0v) is 17.3. The van der Waals surface area contributed by atoms with Crippen molar-refractivity contribution in [2.24, 2.45) is 5.92 Å². The maximum atomic E-state index is 12.6. The number of ether oxygens (including phenoxy) is 1. The van der Waals surface area contributed by atoms with E-state index < -0.39 is 12.1 Å². The van der Waals surface area contributed by atoms with Gasteiger partial charge in [-0.3, -0.25) is 9.59 Å². The number of anilines is 1. The van der Waals surface area contributed by atoms with Crippen LogP contribution in [0.4, 0.5) is 5.82 Å². The van der Waals surface area contributed by atoms with Gasteiger partial charge in [-0.05, 0) is 50.2 Å². The first-order chi connectivity index (χ1) is 14.9. The fourth-order valence-corrected chi connectivity index (χ4v) is 4.49. The number of carbonyl (C=O) groups excluding carboxylic acids is 1. The van der Waals surface area contributed by atoms with Crippen LogP contribution >= 0.6 is 0 Å². The Hall–Kier alpha value is -2.72. The third kappa shape index (κ3) is 5.71. The second-order valence-corrected chi connectivity index (χ2v) is 8.12. The van der Waals surface area contributed by atoms with E-state index in [4.69, 9.17) is 14.6 Å². The number of carboxylic acid groups (broad SMARTS) is 2. The Morgan fingerprint density at radius 2 is 1.94 bits per heavy atom. The van der Waals surface area contributed by atoms with E-state index in [9.17, 15) is 19.8 Å². The van der Waals surface area contributed by atoms with Crippen LogP contribution in [0.5, 0.6) is 0 Å². The highest BCUT2D eigenvalue weighted by atomic mass is 16.5. The molecule has 0 aromatic carbocycles. The Kier molecular flexibility index (Phi) is 7.80. The first-order valence-corrected chi connectivity index (χ1v) is 10.6. The Morgan fingerprint density at radius 3 is 2.61 bits per heavy atom. The molecular weight excluding hydrogens is 406 g/mol. The highest BCUT2D eigenvalue weighted by molar-refractivity contribution is 5.93. The lowest BCUT2D eigenvalue weighted by atomic mass is 9.97. The number of nitrogens with zero attached hydrogens (tertiary/aromatic N) is 2. The molecule has 1 amide bonds. The molecule has 31 heavy (non-hydrogen) atoms. The van der Waals surface area contributed by atoms with Crippen molar-refractivity contribution in [3.63, 3.8) is 0 Å². The third-order valence-electron chi connectivity index (χ3n) is 5.93. The van der Waals surface area contributed by atoms with Crippen molar-refractivity contribution in [3.8, 4) is 0 Å². The van der Waals surface area contributed by atoms with Gasteiger partial charge < -0.3 is 30.3 Å². The first kappa shape index (κ1) is 23.0. The average Bonchev–Trinajstić information content (AvgIpc) is 3.21. The number of hydrogen-bond donors (Lipinski definition) is 4. The van der Waals surface area contributed by atoms with E-state index in [2.05, 4.69) is 10.3 Å². The number of rotatable bonds is 4. The van der Waals surface area contributed by atoms with Crippen LogP contribution in [0.25, 0.3) is 0 Å². The molecule has 4 rings (SSSR count). The van der Waals surface area contributed by atoms with Gasteiger partial charge in [0.15, 0.2) is 0 Å². The molecule has 1 aliphatic carbocycles. The van der Waals surface area contributed by atoms with Gasteiger partial charge in [0.1, 0.15) is 11.4 Å². The molecule has 0 spiro atoms. The molecule has 0 radical (unpaired) electrons. The normalized spacial score (nSPS) is 23.3. The molecular formula is C21H29N3O7. The number of nitrogens with one attached hydrogen (secondary N) is 1. The van der Waals surface area contributed by atoms with E-state index in [-0.39, 0.29) is 29.9 Å². The number of aromatic carboxylic acids is 1. The molecule has 170 valence electrons. The van der Waals surface area contributed by atoms with Crippen LogP contribution in [0.3, 0.4) is 0 Å². The number of aryl methyl sites for hydroxylation is 2. The predicted octanol–water partition coefficient (Wildman–Crippen LogP) is 0.452. The second-order valence-electron chi connectivity index (χ2n) is 8.12. The number of aromatic nitrogens is 1. The fraction of sp³-hybridized carbons (Fsp3) is 0.619. The van der Waals surface area contributed by atoms with Gasteiger partial charge in [-0.25, -0.2) is 9.78 Å². The Balaban J connectivity index is 0.000000858. The van der Waals surface area contributed by atoms with E-state index in [1.165, 1.54) is 0 Å².